The lowest BCUT2D eigenvalue weighted by molar-refractivity contribution is -0.142. The van der Waals surface area contributed by atoms with Crippen LogP contribution in [0.25, 0.3) is 10.9 Å². The number of hydrogen-bond donors (Lipinski definition) is 3. The number of H-pyrrole nitrogens is 1. The monoisotopic (exact) mass is 523 g/mol. The van der Waals surface area contributed by atoms with Crippen molar-refractivity contribution in [3.05, 3.63) is 51.5 Å². The van der Waals surface area contributed by atoms with Gasteiger partial charge in [-0.3, -0.25) is 14.4 Å². The summed E-state index contributed by atoms with van der Waals surface area (Å²) >= 11 is 6.82. The molecular formula is C19H15Br2N3O5. The lowest BCUT2D eigenvalue weighted by Gasteiger charge is -2.13. The van der Waals surface area contributed by atoms with Gasteiger partial charge in [-0.2, -0.15) is 0 Å². The zero-order chi connectivity index (χ0) is 21.0. The minimum absolute atomic E-state index is 0.357. The van der Waals surface area contributed by atoms with Crippen molar-refractivity contribution in [1.29, 1.82) is 0 Å². The van der Waals surface area contributed by atoms with Gasteiger partial charge in [0.05, 0.1) is 16.1 Å². The highest BCUT2D eigenvalue weighted by atomic mass is 79.9. The van der Waals surface area contributed by atoms with E-state index in [2.05, 4.69) is 52.2 Å². The van der Waals surface area contributed by atoms with E-state index in [1.54, 1.807) is 12.1 Å². The van der Waals surface area contributed by atoms with Crippen molar-refractivity contribution in [3.8, 4) is 11.5 Å². The van der Waals surface area contributed by atoms with Crippen molar-refractivity contribution in [2.75, 3.05) is 19.0 Å². The zero-order valence-corrected chi connectivity index (χ0v) is 18.2. The van der Waals surface area contributed by atoms with Gasteiger partial charge in [0.1, 0.15) is 12.3 Å². The zero-order valence-electron chi connectivity index (χ0n) is 15.0. The van der Waals surface area contributed by atoms with Crippen LogP contribution in [0.15, 0.2) is 51.5 Å². The van der Waals surface area contributed by atoms with Crippen molar-refractivity contribution >= 4 is 66.2 Å². The van der Waals surface area contributed by atoms with Crippen LogP contribution in [0.5, 0.6) is 11.5 Å². The summed E-state index contributed by atoms with van der Waals surface area (Å²) in [5.41, 5.74) is 1.36. The fraction of sp³-hybridized carbons (Fsp3) is 0.105. The number of benzene rings is 2. The van der Waals surface area contributed by atoms with Crippen LogP contribution in [0.4, 0.5) is 5.69 Å². The molecule has 8 nitrogen and oxygen atoms in total. The number of carbonyl (C=O) groups excluding carboxylic acids is 3. The van der Waals surface area contributed by atoms with E-state index in [1.807, 2.05) is 30.5 Å². The van der Waals surface area contributed by atoms with Crippen molar-refractivity contribution in [1.82, 2.24) is 10.3 Å². The number of amides is 2. The first-order valence-corrected chi connectivity index (χ1v) is 9.86. The van der Waals surface area contributed by atoms with Gasteiger partial charge in [0, 0.05) is 22.8 Å². The topological polar surface area (TPSA) is 110 Å². The summed E-state index contributed by atoms with van der Waals surface area (Å²) in [4.78, 5) is 37.9. The molecule has 0 radical (unpaired) electrons. The van der Waals surface area contributed by atoms with Gasteiger partial charge in [0.2, 0.25) is 0 Å². The lowest BCUT2D eigenvalue weighted by atomic mass is 10.2. The molecule has 0 bridgehead atoms. The van der Waals surface area contributed by atoms with E-state index in [9.17, 15) is 14.4 Å². The summed E-state index contributed by atoms with van der Waals surface area (Å²) in [6.07, 6.45) is 1.85. The number of aromatic amines is 1. The van der Waals surface area contributed by atoms with Crippen LogP contribution >= 0.6 is 31.9 Å². The Bertz CT molecular complexity index is 1070. The predicted octanol–water partition coefficient (Wildman–Crippen LogP) is 3.71. The van der Waals surface area contributed by atoms with Crippen molar-refractivity contribution in [3.63, 3.8) is 0 Å². The van der Waals surface area contributed by atoms with E-state index >= 15 is 0 Å². The molecule has 0 saturated heterocycles. The van der Waals surface area contributed by atoms with Crippen molar-refractivity contribution in [2.24, 2.45) is 0 Å². The SMILES string of the molecule is COC(=O)CNC(=O)C(=O)Nc1cc(Br)c(Oc2ccc3[nH]ccc3c2)c(Br)c1. The average molecular weight is 525 g/mol. The third-order valence-corrected chi connectivity index (χ3v) is 5.01. The summed E-state index contributed by atoms with van der Waals surface area (Å²) in [5.74, 6) is -1.39. The Morgan fingerprint density at radius 2 is 1.76 bits per heavy atom. The molecule has 3 N–H and O–H groups in total. The molecule has 0 aliphatic rings. The smallest absolute Gasteiger partial charge is 0.325 e. The number of nitrogens with one attached hydrogen (secondary N) is 3. The second-order valence-electron chi connectivity index (χ2n) is 5.81. The number of methoxy groups -OCH3 is 1. The van der Waals surface area contributed by atoms with Gasteiger partial charge in [-0.05, 0) is 68.3 Å². The van der Waals surface area contributed by atoms with Crippen LogP contribution in [0.1, 0.15) is 0 Å². The second-order valence-corrected chi connectivity index (χ2v) is 7.52. The van der Waals surface area contributed by atoms with Gasteiger partial charge in [-0.25, -0.2) is 0 Å². The molecule has 0 spiro atoms. The molecule has 150 valence electrons. The molecule has 0 atom stereocenters. The normalized spacial score (nSPS) is 10.4. The second kappa shape index (κ2) is 9.10. The minimum Gasteiger partial charge on any atom is -0.468 e. The molecule has 29 heavy (non-hydrogen) atoms. The van der Waals surface area contributed by atoms with Gasteiger partial charge in [0.15, 0.2) is 5.75 Å². The summed E-state index contributed by atoms with van der Waals surface area (Å²) in [7, 11) is 1.18. The van der Waals surface area contributed by atoms with Crippen LogP contribution in [0.3, 0.4) is 0 Å². The number of aromatic nitrogens is 1. The summed E-state index contributed by atoms with van der Waals surface area (Å²) in [5, 5.41) is 5.63. The molecule has 0 fully saturated rings. The lowest BCUT2D eigenvalue weighted by Crippen LogP contribution is -2.38. The molecule has 1 heterocycles. The highest BCUT2D eigenvalue weighted by Crippen LogP contribution is 2.39. The molecule has 1 aromatic heterocycles. The molecule has 0 aliphatic carbocycles. The Labute approximate surface area is 182 Å². The molecule has 0 aliphatic heterocycles. The van der Waals surface area contributed by atoms with E-state index in [1.165, 1.54) is 7.11 Å². The van der Waals surface area contributed by atoms with E-state index in [-0.39, 0.29) is 0 Å². The maximum absolute atomic E-state index is 12.0. The Morgan fingerprint density at radius 1 is 1.03 bits per heavy atom. The maximum atomic E-state index is 12.0. The number of carbonyl (C=O) groups is 3. The first-order chi connectivity index (χ1) is 13.9. The number of hydrogen-bond acceptors (Lipinski definition) is 5. The molecule has 3 aromatic rings. The predicted molar refractivity (Wildman–Crippen MR) is 114 cm³/mol. The molecule has 10 heteroatoms. The number of anilines is 1. The van der Waals surface area contributed by atoms with E-state index in [4.69, 9.17) is 4.74 Å². The van der Waals surface area contributed by atoms with Crippen molar-refractivity contribution in [2.45, 2.75) is 0 Å². The van der Waals surface area contributed by atoms with Crippen LogP contribution in [0, 0.1) is 0 Å². The number of ether oxygens (including phenoxy) is 2. The first kappa shape index (κ1) is 20.9. The highest BCUT2D eigenvalue weighted by molar-refractivity contribution is 9.11. The number of fused-ring (bicyclic) bond motifs is 1. The van der Waals surface area contributed by atoms with E-state index in [0.717, 1.165) is 10.9 Å². The highest BCUT2D eigenvalue weighted by Gasteiger charge is 2.17. The Kier molecular flexibility index (Phi) is 6.55. The summed E-state index contributed by atoms with van der Waals surface area (Å²) < 4.78 is 11.5. The average Bonchev–Trinajstić information content (AvgIpc) is 3.16. The van der Waals surface area contributed by atoms with E-state index < -0.39 is 24.3 Å². The quantitative estimate of drug-likeness (QED) is 0.348. The number of halogens is 2. The van der Waals surface area contributed by atoms with Gasteiger partial charge in [-0.15, -0.1) is 0 Å². The van der Waals surface area contributed by atoms with Crippen molar-refractivity contribution < 1.29 is 23.9 Å². The number of rotatable bonds is 5. The molecular weight excluding hydrogens is 510 g/mol. The maximum Gasteiger partial charge on any atom is 0.325 e. The van der Waals surface area contributed by atoms with Gasteiger partial charge in [0.25, 0.3) is 0 Å². The molecule has 0 saturated carbocycles. The third kappa shape index (κ3) is 5.15. The van der Waals surface area contributed by atoms with Crippen LogP contribution in [-0.4, -0.2) is 36.4 Å². The van der Waals surface area contributed by atoms with Gasteiger partial charge < -0.3 is 25.1 Å². The Morgan fingerprint density at radius 3 is 2.45 bits per heavy atom. The first-order valence-electron chi connectivity index (χ1n) is 8.27. The number of esters is 1. The fourth-order valence-corrected chi connectivity index (χ4v) is 3.78. The summed E-state index contributed by atoms with van der Waals surface area (Å²) in [6, 6.07) is 10.8. The Balaban J connectivity index is 1.70. The molecule has 3 rings (SSSR count). The Hall–Kier alpha value is -2.85. The fourth-order valence-electron chi connectivity index (χ4n) is 2.44. The van der Waals surface area contributed by atoms with Crippen LogP contribution in [0.2, 0.25) is 0 Å². The largest absolute Gasteiger partial charge is 0.468 e. The van der Waals surface area contributed by atoms with Crippen LogP contribution in [-0.2, 0) is 19.1 Å². The molecule has 0 unspecified atom stereocenters. The standard InChI is InChI=1S/C19H15Br2N3O5/c1-28-16(25)9-23-18(26)19(27)24-11-7-13(20)17(14(21)8-11)29-12-2-3-15-10(6-12)4-5-22-15/h2-8,22H,9H2,1H3,(H,23,26)(H,24,27). The minimum atomic E-state index is -0.956. The molecule has 2 amide bonds. The van der Waals surface area contributed by atoms with E-state index in [0.29, 0.717) is 26.1 Å². The molecule has 2 aromatic carbocycles. The van der Waals surface area contributed by atoms with Gasteiger partial charge in [-0.1, -0.05) is 0 Å². The third-order valence-electron chi connectivity index (χ3n) is 3.83. The van der Waals surface area contributed by atoms with Gasteiger partial charge >= 0.3 is 17.8 Å². The summed E-state index contributed by atoms with van der Waals surface area (Å²) in [6.45, 7) is -0.394. The van der Waals surface area contributed by atoms with Crippen LogP contribution < -0.4 is 15.4 Å².